The van der Waals surface area contributed by atoms with Crippen molar-refractivity contribution in [3.8, 4) is 5.75 Å². The van der Waals surface area contributed by atoms with Crippen LogP contribution in [0.15, 0.2) is 30.5 Å². The van der Waals surface area contributed by atoms with Crippen LogP contribution in [-0.4, -0.2) is 17.5 Å². The molecule has 5 heteroatoms. The van der Waals surface area contributed by atoms with Gasteiger partial charge in [0, 0.05) is 6.20 Å². The van der Waals surface area contributed by atoms with Crippen LogP contribution in [0.2, 0.25) is 5.02 Å². The second-order valence-electron chi connectivity index (χ2n) is 4.95. The van der Waals surface area contributed by atoms with Crippen LogP contribution in [0.1, 0.15) is 16.7 Å². The highest BCUT2D eigenvalue weighted by atomic mass is 35.5. The first-order valence-electron chi connectivity index (χ1n) is 6.58. The Bertz CT molecular complexity index is 648. The molecule has 1 heterocycles. The molecule has 2 aromatic rings. The number of aryl methyl sites for hydroxylation is 3. The Morgan fingerprint density at radius 2 is 2.00 bits per heavy atom. The quantitative estimate of drug-likeness (QED) is 0.937. The van der Waals surface area contributed by atoms with Crippen molar-refractivity contribution in [3.63, 3.8) is 0 Å². The standard InChI is InChI=1S/C16H17ClN2O2/c1-10-4-5-18-14(8-10)19-15(20)9-21-16-12(3)6-11(2)7-13(16)17/h4-8H,9H2,1-3H3,(H,18,19,20). The molecule has 21 heavy (non-hydrogen) atoms. The summed E-state index contributed by atoms with van der Waals surface area (Å²) in [6.45, 7) is 5.68. The van der Waals surface area contributed by atoms with E-state index in [1.807, 2.05) is 39.0 Å². The summed E-state index contributed by atoms with van der Waals surface area (Å²) in [7, 11) is 0. The van der Waals surface area contributed by atoms with Gasteiger partial charge in [0.05, 0.1) is 5.02 Å². The summed E-state index contributed by atoms with van der Waals surface area (Å²) in [4.78, 5) is 15.9. The summed E-state index contributed by atoms with van der Waals surface area (Å²) in [5.41, 5.74) is 2.98. The normalized spacial score (nSPS) is 10.3. The lowest BCUT2D eigenvalue weighted by Gasteiger charge is -2.12. The van der Waals surface area contributed by atoms with Crippen molar-refractivity contribution < 1.29 is 9.53 Å². The van der Waals surface area contributed by atoms with Crippen LogP contribution in [0.4, 0.5) is 5.82 Å². The lowest BCUT2D eigenvalue weighted by atomic mass is 10.1. The Balaban J connectivity index is 1.99. The maximum Gasteiger partial charge on any atom is 0.263 e. The summed E-state index contributed by atoms with van der Waals surface area (Å²) in [6, 6.07) is 7.43. The first-order valence-corrected chi connectivity index (χ1v) is 6.95. The number of nitrogens with zero attached hydrogens (tertiary/aromatic N) is 1. The maximum atomic E-state index is 11.9. The fourth-order valence-corrected chi connectivity index (χ4v) is 2.38. The average molecular weight is 305 g/mol. The van der Waals surface area contributed by atoms with E-state index < -0.39 is 0 Å². The third kappa shape index (κ3) is 4.20. The fourth-order valence-electron chi connectivity index (χ4n) is 2.01. The Labute approximate surface area is 129 Å². The van der Waals surface area contributed by atoms with Gasteiger partial charge in [-0.05, 0) is 55.7 Å². The summed E-state index contributed by atoms with van der Waals surface area (Å²) in [6.07, 6.45) is 1.65. The molecule has 110 valence electrons. The highest BCUT2D eigenvalue weighted by molar-refractivity contribution is 6.32. The predicted octanol–water partition coefficient (Wildman–Crippen LogP) is 3.68. The van der Waals surface area contributed by atoms with Gasteiger partial charge in [0.1, 0.15) is 11.6 Å². The molecule has 0 spiro atoms. The van der Waals surface area contributed by atoms with E-state index in [1.54, 1.807) is 12.3 Å². The Hall–Kier alpha value is -2.07. The molecule has 1 aromatic heterocycles. The van der Waals surface area contributed by atoms with Gasteiger partial charge in [-0.15, -0.1) is 0 Å². The van der Waals surface area contributed by atoms with Crippen LogP contribution in [0.3, 0.4) is 0 Å². The SMILES string of the molecule is Cc1ccnc(NC(=O)COc2c(C)cc(C)cc2Cl)c1. The second kappa shape index (κ2) is 6.59. The number of halogens is 1. The zero-order chi connectivity index (χ0) is 15.4. The molecule has 1 aromatic carbocycles. The number of carbonyl (C=O) groups excluding carboxylic acids is 1. The number of pyridine rings is 1. The van der Waals surface area contributed by atoms with Crippen LogP contribution < -0.4 is 10.1 Å². The van der Waals surface area contributed by atoms with Gasteiger partial charge in [-0.3, -0.25) is 4.79 Å². The summed E-state index contributed by atoms with van der Waals surface area (Å²) in [5, 5.41) is 3.19. The van der Waals surface area contributed by atoms with E-state index in [2.05, 4.69) is 10.3 Å². The van der Waals surface area contributed by atoms with E-state index >= 15 is 0 Å². The molecule has 0 aliphatic heterocycles. The van der Waals surface area contributed by atoms with Gasteiger partial charge >= 0.3 is 0 Å². The van der Waals surface area contributed by atoms with Crippen molar-refractivity contribution in [1.82, 2.24) is 4.98 Å². The second-order valence-corrected chi connectivity index (χ2v) is 5.36. The zero-order valence-electron chi connectivity index (χ0n) is 12.2. The molecule has 0 aliphatic carbocycles. The minimum absolute atomic E-state index is 0.112. The topological polar surface area (TPSA) is 51.2 Å². The molecule has 0 bridgehead atoms. The first-order chi connectivity index (χ1) is 9.95. The lowest BCUT2D eigenvalue weighted by molar-refractivity contribution is -0.118. The van der Waals surface area contributed by atoms with Crippen molar-refractivity contribution in [1.29, 1.82) is 0 Å². The number of hydrogen-bond donors (Lipinski definition) is 1. The van der Waals surface area contributed by atoms with Gasteiger partial charge < -0.3 is 10.1 Å². The van der Waals surface area contributed by atoms with Crippen molar-refractivity contribution in [3.05, 3.63) is 52.2 Å². The molecule has 1 amide bonds. The third-order valence-electron chi connectivity index (χ3n) is 2.90. The predicted molar refractivity (Wildman–Crippen MR) is 84.0 cm³/mol. The van der Waals surface area contributed by atoms with Crippen molar-refractivity contribution in [2.45, 2.75) is 20.8 Å². The van der Waals surface area contributed by atoms with Gasteiger partial charge in [-0.1, -0.05) is 17.7 Å². The van der Waals surface area contributed by atoms with Gasteiger partial charge in [-0.25, -0.2) is 4.98 Å². The van der Waals surface area contributed by atoms with Gasteiger partial charge in [0.25, 0.3) is 5.91 Å². The van der Waals surface area contributed by atoms with Crippen molar-refractivity contribution >= 4 is 23.3 Å². The fraction of sp³-hybridized carbons (Fsp3) is 0.250. The number of carbonyl (C=O) groups is 1. The van der Waals surface area contributed by atoms with E-state index in [-0.39, 0.29) is 12.5 Å². The highest BCUT2D eigenvalue weighted by Gasteiger charge is 2.10. The number of hydrogen-bond acceptors (Lipinski definition) is 3. The minimum atomic E-state index is -0.274. The Kier molecular flexibility index (Phi) is 4.81. The number of rotatable bonds is 4. The number of aromatic nitrogens is 1. The Morgan fingerprint density at radius 3 is 2.67 bits per heavy atom. The minimum Gasteiger partial charge on any atom is -0.482 e. The molecule has 0 saturated heterocycles. The number of nitrogens with one attached hydrogen (secondary N) is 1. The highest BCUT2D eigenvalue weighted by Crippen LogP contribution is 2.29. The molecular formula is C16H17ClN2O2. The molecule has 0 atom stereocenters. The van der Waals surface area contributed by atoms with Crippen LogP contribution >= 0.6 is 11.6 Å². The number of amides is 1. The molecule has 0 saturated carbocycles. The van der Waals surface area contributed by atoms with E-state index in [0.717, 1.165) is 16.7 Å². The summed E-state index contributed by atoms with van der Waals surface area (Å²) >= 11 is 6.13. The first kappa shape index (κ1) is 15.3. The molecule has 0 unspecified atom stereocenters. The summed E-state index contributed by atoms with van der Waals surface area (Å²) in [5.74, 6) is 0.772. The van der Waals surface area contributed by atoms with Crippen LogP contribution in [-0.2, 0) is 4.79 Å². The van der Waals surface area contributed by atoms with E-state index in [4.69, 9.17) is 16.3 Å². The zero-order valence-corrected chi connectivity index (χ0v) is 13.0. The molecule has 0 radical (unpaired) electrons. The van der Waals surface area contributed by atoms with Crippen molar-refractivity contribution in [2.75, 3.05) is 11.9 Å². The molecule has 0 fully saturated rings. The maximum absolute atomic E-state index is 11.9. The van der Waals surface area contributed by atoms with Crippen molar-refractivity contribution in [2.24, 2.45) is 0 Å². The molecule has 2 rings (SSSR count). The molecule has 0 aliphatic rings. The van der Waals surface area contributed by atoms with Gasteiger partial charge in [-0.2, -0.15) is 0 Å². The Morgan fingerprint density at radius 1 is 1.24 bits per heavy atom. The van der Waals surface area contributed by atoms with Crippen LogP contribution in [0.5, 0.6) is 5.75 Å². The third-order valence-corrected chi connectivity index (χ3v) is 3.18. The molecule has 1 N–H and O–H groups in total. The lowest BCUT2D eigenvalue weighted by Crippen LogP contribution is -2.21. The van der Waals surface area contributed by atoms with Crippen LogP contribution in [0.25, 0.3) is 0 Å². The van der Waals surface area contributed by atoms with Gasteiger partial charge in [0.2, 0.25) is 0 Å². The smallest absolute Gasteiger partial charge is 0.263 e. The van der Waals surface area contributed by atoms with E-state index in [1.165, 1.54) is 0 Å². The monoisotopic (exact) mass is 304 g/mol. The number of benzene rings is 1. The molecule has 4 nitrogen and oxygen atoms in total. The average Bonchev–Trinajstić information content (AvgIpc) is 2.37. The largest absolute Gasteiger partial charge is 0.482 e. The number of anilines is 1. The van der Waals surface area contributed by atoms with Crippen LogP contribution in [0, 0.1) is 20.8 Å². The van der Waals surface area contributed by atoms with Gasteiger partial charge in [0.15, 0.2) is 6.61 Å². The van der Waals surface area contributed by atoms with E-state index in [9.17, 15) is 4.79 Å². The molecular weight excluding hydrogens is 288 g/mol. The summed E-state index contributed by atoms with van der Waals surface area (Å²) < 4.78 is 5.52. The van der Waals surface area contributed by atoms with E-state index in [0.29, 0.717) is 16.6 Å². The number of ether oxygens (including phenoxy) is 1.